The van der Waals surface area contributed by atoms with Gasteiger partial charge in [0.1, 0.15) is 12.3 Å². The fourth-order valence-corrected chi connectivity index (χ4v) is 4.16. The SMILES string of the molecule is COP(=O)(OC)[C@@H](Cc1ccccc1)C(=O)CNC(=O)OCc1ccccc1. The summed E-state index contributed by atoms with van der Waals surface area (Å²) in [7, 11) is -1.21. The fraction of sp³-hybridized carbons (Fsp3) is 0.300. The van der Waals surface area contributed by atoms with Gasteiger partial charge in [0.25, 0.3) is 0 Å². The normalized spacial score (nSPS) is 12.2. The molecular weight excluding hydrogens is 381 g/mol. The molecule has 0 radical (unpaired) electrons. The first-order valence-electron chi connectivity index (χ1n) is 8.71. The van der Waals surface area contributed by atoms with Crippen molar-refractivity contribution in [3.8, 4) is 0 Å². The predicted octanol–water partition coefficient (Wildman–Crippen LogP) is 3.58. The lowest BCUT2D eigenvalue weighted by molar-refractivity contribution is -0.118. The first kappa shape index (κ1) is 21.8. The summed E-state index contributed by atoms with van der Waals surface area (Å²) in [6, 6.07) is 18.3. The van der Waals surface area contributed by atoms with Crippen molar-refractivity contribution >= 4 is 19.5 Å². The highest BCUT2D eigenvalue weighted by atomic mass is 31.2. The molecule has 150 valence electrons. The zero-order valence-corrected chi connectivity index (χ0v) is 16.8. The quantitative estimate of drug-likeness (QED) is 0.608. The first-order valence-corrected chi connectivity index (χ1v) is 10.3. The Morgan fingerprint density at radius 2 is 1.46 bits per heavy atom. The monoisotopic (exact) mass is 405 g/mol. The lowest BCUT2D eigenvalue weighted by Gasteiger charge is -2.23. The third-order valence-electron chi connectivity index (χ3n) is 4.15. The van der Waals surface area contributed by atoms with Crippen LogP contribution in [0.15, 0.2) is 60.7 Å². The molecule has 0 fully saturated rings. The second-order valence-electron chi connectivity index (χ2n) is 5.99. The van der Waals surface area contributed by atoms with Crippen LogP contribution in [0.1, 0.15) is 11.1 Å². The fourth-order valence-electron chi connectivity index (χ4n) is 2.62. The van der Waals surface area contributed by atoms with Crippen LogP contribution < -0.4 is 5.32 Å². The number of hydrogen-bond donors (Lipinski definition) is 1. The third kappa shape index (κ3) is 6.30. The average Bonchev–Trinajstić information content (AvgIpc) is 2.75. The Morgan fingerprint density at radius 3 is 2.00 bits per heavy atom. The molecule has 0 saturated heterocycles. The van der Waals surface area contributed by atoms with Gasteiger partial charge in [-0.3, -0.25) is 9.36 Å². The molecule has 7 nitrogen and oxygen atoms in total. The molecule has 2 aromatic rings. The zero-order valence-electron chi connectivity index (χ0n) is 15.9. The van der Waals surface area contributed by atoms with Crippen LogP contribution in [0.25, 0.3) is 0 Å². The molecule has 0 saturated carbocycles. The predicted molar refractivity (Wildman–Crippen MR) is 105 cm³/mol. The molecule has 0 spiro atoms. The molecule has 2 rings (SSSR count). The highest BCUT2D eigenvalue weighted by molar-refractivity contribution is 7.55. The van der Waals surface area contributed by atoms with E-state index in [0.29, 0.717) is 0 Å². The summed E-state index contributed by atoms with van der Waals surface area (Å²) in [6.07, 6.45) is -0.570. The highest BCUT2D eigenvalue weighted by Crippen LogP contribution is 2.52. The smallest absolute Gasteiger partial charge is 0.407 e. The number of carbonyl (C=O) groups is 2. The second-order valence-corrected chi connectivity index (χ2v) is 8.43. The number of benzene rings is 2. The van der Waals surface area contributed by atoms with Crippen LogP contribution in [0.3, 0.4) is 0 Å². The van der Waals surface area contributed by atoms with Gasteiger partial charge in [-0.1, -0.05) is 60.7 Å². The molecule has 1 atom stereocenters. The summed E-state index contributed by atoms with van der Waals surface area (Å²) in [6.45, 7) is -0.259. The van der Waals surface area contributed by atoms with Crippen molar-refractivity contribution in [2.24, 2.45) is 0 Å². The lowest BCUT2D eigenvalue weighted by atomic mass is 10.1. The first-order chi connectivity index (χ1) is 13.5. The van der Waals surface area contributed by atoms with Crippen molar-refractivity contribution < 1.29 is 27.9 Å². The van der Waals surface area contributed by atoms with Gasteiger partial charge in [0.15, 0.2) is 5.78 Å². The van der Waals surface area contributed by atoms with Gasteiger partial charge in [0.2, 0.25) is 0 Å². The zero-order chi connectivity index (χ0) is 20.4. The number of rotatable bonds is 10. The number of alkyl carbamates (subject to hydrolysis) is 1. The van der Waals surface area contributed by atoms with Crippen LogP contribution in [-0.4, -0.2) is 38.3 Å². The molecule has 2 aromatic carbocycles. The van der Waals surface area contributed by atoms with E-state index in [2.05, 4.69) is 5.32 Å². The van der Waals surface area contributed by atoms with Crippen LogP contribution in [0.5, 0.6) is 0 Å². The number of amides is 1. The molecule has 0 heterocycles. The standard InChI is InChI=1S/C20H24NO6P/c1-25-28(24,26-2)19(13-16-9-5-3-6-10-16)18(22)14-21-20(23)27-15-17-11-7-4-8-12-17/h3-12,19H,13-15H2,1-2H3,(H,21,23)/t19-/m0/s1. The molecule has 0 aliphatic rings. The van der Waals surface area contributed by atoms with Gasteiger partial charge >= 0.3 is 13.7 Å². The van der Waals surface area contributed by atoms with E-state index < -0.39 is 25.1 Å². The summed E-state index contributed by atoms with van der Waals surface area (Å²) in [5.74, 6) is -0.465. The van der Waals surface area contributed by atoms with Crippen LogP contribution in [0, 0.1) is 0 Å². The van der Waals surface area contributed by atoms with Crippen molar-refractivity contribution in [1.82, 2.24) is 5.32 Å². The van der Waals surface area contributed by atoms with Gasteiger partial charge in [-0.2, -0.15) is 0 Å². The third-order valence-corrected chi connectivity index (χ3v) is 6.41. The average molecular weight is 405 g/mol. The Balaban J connectivity index is 1.97. The van der Waals surface area contributed by atoms with Gasteiger partial charge in [0.05, 0.1) is 6.54 Å². The number of Topliss-reactive ketones (excluding diaryl/α,β-unsaturated/α-hetero) is 1. The molecule has 8 heteroatoms. The maximum atomic E-state index is 12.8. The maximum Gasteiger partial charge on any atom is 0.407 e. The van der Waals surface area contributed by atoms with E-state index in [9.17, 15) is 14.2 Å². The van der Waals surface area contributed by atoms with E-state index in [-0.39, 0.29) is 19.6 Å². The van der Waals surface area contributed by atoms with Crippen molar-refractivity contribution in [2.45, 2.75) is 18.7 Å². The van der Waals surface area contributed by atoms with Crippen molar-refractivity contribution in [3.05, 3.63) is 71.8 Å². The Morgan fingerprint density at radius 1 is 0.929 bits per heavy atom. The number of carbonyl (C=O) groups excluding carboxylic acids is 2. The summed E-state index contributed by atoms with van der Waals surface area (Å²) in [4.78, 5) is 24.6. The molecule has 28 heavy (non-hydrogen) atoms. The van der Waals surface area contributed by atoms with Gasteiger partial charge in [-0.15, -0.1) is 0 Å². The Kier molecular flexibility index (Phi) is 8.39. The maximum absolute atomic E-state index is 12.8. The van der Waals surface area contributed by atoms with Gasteiger partial charge < -0.3 is 19.1 Å². The van der Waals surface area contributed by atoms with E-state index in [1.54, 1.807) is 0 Å². The summed E-state index contributed by atoms with van der Waals surface area (Å²) in [5, 5.41) is 2.40. The molecule has 1 amide bonds. The molecule has 0 unspecified atom stereocenters. The van der Waals surface area contributed by atoms with E-state index in [0.717, 1.165) is 11.1 Å². The molecule has 0 bridgehead atoms. The molecule has 0 aromatic heterocycles. The number of ketones is 1. The minimum atomic E-state index is -3.68. The summed E-state index contributed by atoms with van der Waals surface area (Å²) in [5.41, 5.74) is 0.593. The van der Waals surface area contributed by atoms with Crippen LogP contribution in [0.4, 0.5) is 4.79 Å². The van der Waals surface area contributed by atoms with Gasteiger partial charge in [0, 0.05) is 14.2 Å². The van der Waals surface area contributed by atoms with Crippen LogP contribution >= 0.6 is 7.60 Å². The van der Waals surface area contributed by atoms with Crippen molar-refractivity contribution in [1.29, 1.82) is 0 Å². The second kappa shape index (κ2) is 10.8. The van der Waals surface area contributed by atoms with Gasteiger partial charge in [-0.05, 0) is 17.5 Å². The number of ether oxygens (including phenoxy) is 1. The topological polar surface area (TPSA) is 90.9 Å². The Labute approximate surface area is 164 Å². The summed E-state index contributed by atoms with van der Waals surface area (Å²) >= 11 is 0. The van der Waals surface area contributed by atoms with E-state index in [1.807, 2.05) is 60.7 Å². The highest BCUT2D eigenvalue weighted by Gasteiger charge is 2.39. The van der Waals surface area contributed by atoms with Gasteiger partial charge in [-0.25, -0.2) is 4.79 Å². The molecule has 0 aliphatic heterocycles. The summed E-state index contributed by atoms with van der Waals surface area (Å²) < 4.78 is 28.0. The Hall–Kier alpha value is -2.47. The minimum Gasteiger partial charge on any atom is -0.445 e. The molecule has 1 N–H and O–H groups in total. The van der Waals surface area contributed by atoms with Crippen molar-refractivity contribution in [3.63, 3.8) is 0 Å². The Bertz CT molecular complexity index is 804. The molecule has 0 aliphatic carbocycles. The van der Waals surface area contributed by atoms with Crippen LogP contribution in [0.2, 0.25) is 0 Å². The largest absolute Gasteiger partial charge is 0.445 e. The van der Waals surface area contributed by atoms with E-state index in [1.165, 1.54) is 14.2 Å². The van der Waals surface area contributed by atoms with E-state index in [4.69, 9.17) is 13.8 Å². The lowest BCUT2D eigenvalue weighted by Crippen LogP contribution is -2.37. The van der Waals surface area contributed by atoms with Crippen LogP contribution in [-0.2, 0) is 36.2 Å². The minimum absolute atomic E-state index is 0.0863. The van der Waals surface area contributed by atoms with Crippen molar-refractivity contribution in [2.75, 3.05) is 20.8 Å². The number of hydrogen-bond acceptors (Lipinski definition) is 6. The number of nitrogens with one attached hydrogen (secondary N) is 1. The van der Waals surface area contributed by atoms with E-state index >= 15 is 0 Å². The molecular formula is C20H24NO6P.